The molecule has 1 N–H and O–H groups in total. The Kier molecular flexibility index (Phi) is 5.92. The molecule has 4 heteroatoms. The molecule has 1 atom stereocenters. The molecule has 0 saturated heterocycles. The van der Waals surface area contributed by atoms with Crippen molar-refractivity contribution < 1.29 is 4.74 Å². The monoisotopic (exact) mass is 323 g/mol. The van der Waals surface area contributed by atoms with Gasteiger partial charge in [-0.3, -0.25) is 0 Å². The lowest BCUT2D eigenvalue weighted by Crippen LogP contribution is -2.24. The van der Waals surface area contributed by atoms with Crippen molar-refractivity contribution in [2.24, 2.45) is 0 Å². The second-order valence-electron chi connectivity index (χ2n) is 4.79. The van der Waals surface area contributed by atoms with Gasteiger partial charge in [0.1, 0.15) is 5.75 Å². The summed E-state index contributed by atoms with van der Waals surface area (Å²) < 4.78 is 5.48. The van der Waals surface area contributed by atoms with Gasteiger partial charge in [0, 0.05) is 15.6 Å². The normalized spacial score (nSPS) is 12.2. The Bertz CT molecular complexity index is 601. The first-order chi connectivity index (χ1) is 10.2. The number of hydrogen-bond acceptors (Lipinski definition) is 2. The van der Waals surface area contributed by atoms with Gasteiger partial charge in [-0.15, -0.1) is 0 Å². The molecule has 0 saturated carbocycles. The number of rotatable bonds is 6. The summed E-state index contributed by atoms with van der Waals surface area (Å²) in [5, 5.41) is 4.93. The van der Waals surface area contributed by atoms with E-state index in [4.69, 9.17) is 27.9 Å². The van der Waals surface area contributed by atoms with Crippen LogP contribution in [0, 0.1) is 0 Å². The van der Waals surface area contributed by atoms with Crippen LogP contribution in [0.25, 0.3) is 0 Å². The minimum Gasteiger partial charge on any atom is -0.496 e. The average Bonchev–Trinajstić information content (AvgIpc) is 2.49. The van der Waals surface area contributed by atoms with Gasteiger partial charge in [0.25, 0.3) is 0 Å². The van der Waals surface area contributed by atoms with E-state index in [0.717, 1.165) is 34.9 Å². The maximum atomic E-state index is 6.37. The summed E-state index contributed by atoms with van der Waals surface area (Å²) in [7, 11) is 1.66. The van der Waals surface area contributed by atoms with E-state index < -0.39 is 0 Å². The van der Waals surface area contributed by atoms with Gasteiger partial charge in [-0.2, -0.15) is 0 Å². The van der Waals surface area contributed by atoms with Crippen molar-refractivity contribution in [2.45, 2.75) is 19.4 Å². The number of nitrogens with one attached hydrogen (secondary N) is 1. The lowest BCUT2D eigenvalue weighted by molar-refractivity contribution is 0.404. The first-order valence-electron chi connectivity index (χ1n) is 6.98. The third-order valence-electron chi connectivity index (χ3n) is 3.32. The van der Waals surface area contributed by atoms with Crippen molar-refractivity contribution >= 4 is 23.2 Å². The molecule has 0 amide bonds. The summed E-state index contributed by atoms with van der Waals surface area (Å²) in [6.07, 6.45) is 1.03. The van der Waals surface area contributed by atoms with Gasteiger partial charge >= 0.3 is 0 Å². The van der Waals surface area contributed by atoms with E-state index in [1.165, 1.54) is 0 Å². The number of halogens is 2. The van der Waals surface area contributed by atoms with Crippen LogP contribution in [0.5, 0.6) is 5.75 Å². The van der Waals surface area contributed by atoms with Gasteiger partial charge in [-0.25, -0.2) is 0 Å². The average molecular weight is 324 g/mol. The van der Waals surface area contributed by atoms with Crippen molar-refractivity contribution in [3.8, 4) is 5.75 Å². The van der Waals surface area contributed by atoms with Crippen molar-refractivity contribution in [2.75, 3.05) is 13.7 Å². The zero-order valence-electron chi connectivity index (χ0n) is 12.2. The van der Waals surface area contributed by atoms with Gasteiger partial charge in [-0.1, -0.05) is 48.3 Å². The second-order valence-corrected chi connectivity index (χ2v) is 5.64. The van der Waals surface area contributed by atoms with Crippen LogP contribution < -0.4 is 10.1 Å². The number of ether oxygens (including phenoxy) is 1. The molecule has 1 unspecified atom stereocenters. The largest absolute Gasteiger partial charge is 0.496 e. The number of methoxy groups -OCH3 is 1. The highest BCUT2D eigenvalue weighted by Crippen LogP contribution is 2.35. The molecule has 0 aliphatic heterocycles. The molecule has 21 heavy (non-hydrogen) atoms. The third kappa shape index (κ3) is 3.91. The van der Waals surface area contributed by atoms with Crippen LogP contribution in [0.15, 0.2) is 42.5 Å². The lowest BCUT2D eigenvalue weighted by atomic mass is 9.97. The van der Waals surface area contributed by atoms with Crippen LogP contribution >= 0.6 is 23.2 Å². The SMILES string of the molecule is CCCNC(c1ccccc1Cl)c1cc(Cl)ccc1OC. The Labute approximate surface area is 136 Å². The highest BCUT2D eigenvalue weighted by molar-refractivity contribution is 6.31. The minimum atomic E-state index is -0.0488. The first kappa shape index (κ1) is 16.2. The maximum Gasteiger partial charge on any atom is 0.124 e. The van der Waals surface area contributed by atoms with Crippen LogP contribution in [0.1, 0.15) is 30.5 Å². The molecular weight excluding hydrogens is 305 g/mol. The zero-order chi connectivity index (χ0) is 15.2. The van der Waals surface area contributed by atoms with E-state index >= 15 is 0 Å². The molecule has 2 aromatic carbocycles. The van der Waals surface area contributed by atoms with E-state index in [-0.39, 0.29) is 6.04 Å². The molecule has 2 rings (SSSR count). The van der Waals surface area contributed by atoms with Crippen molar-refractivity contribution in [1.29, 1.82) is 0 Å². The fraction of sp³-hybridized carbons (Fsp3) is 0.294. The molecule has 0 radical (unpaired) electrons. The van der Waals surface area contributed by atoms with Crippen LogP contribution in [-0.4, -0.2) is 13.7 Å². The Morgan fingerprint density at radius 2 is 1.86 bits per heavy atom. The predicted octanol–water partition coefficient (Wildman–Crippen LogP) is 5.09. The second kappa shape index (κ2) is 7.69. The minimum absolute atomic E-state index is 0.0488. The van der Waals surface area contributed by atoms with Gasteiger partial charge in [-0.05, 0) is 42.8 Å². The smallest absolute Gasteiger partial charge is 0.124 e. The summed E-state index contributed by atoms with van der Waals surface area (Å²) in [6.45, 7) is 3.01. The molecular formula is C17H19Cl2NO. The summed E-state index contributed by atoms with van der Waals surface area (Å²) in [6, 6.07) is 13.4. The van der Waals surface area contributed by atoms with Crippen molar-refractivity contribution in [3.05, 3.63) is 63.6 Å². The molecule has 112 valence electrons. The number of hydrogen-bond donors (Lipinski definition) is 1. The van der Waals surface area contributed by atoms with E-state index in [1.54, 1.807) is 7.11 Å². The molecule has 0 aliphatic rings. The van der Waals surface area contributed by atoms with Crippen LogP contribution in [0.4, 0.5) is 0 Å². The Balaban J connectivity index is 2.50. The third-order valence-corrected chi connectivity index (χ3v) is 3.90. The van der Waals surface area contributed by atoms with Gasteiger partial charge in [0.15, 0.2) is 0 Å². The van der Waals surface area contributed by atoms with Gasteiger partial charge in [0.2, 0.25) is 0 Å². The molecule has 0 fully saturated rings. The fourth-order valence-electron chi connectivity index (χ4n) is 2.32. The molecule has 0 heterocycles. The highest BCUT2D eigenvalue weighted by Gasteiger charge is 2.20. The summed E-state index contributed by atoms with van der Waals surface area (Å²) >= 11 is 12.5. The van der Waals surface area contributed by atoms with Gasteiger partial charge < -0.3 is 10.1 Å². The molecule has 0 bridgehead atoms. The molecule has 0 aromatic heterocycles. The van der Waals surface area contributed by atoms with E-state index in [0.29, 0.717) is 5.02 Å². The van der Waals surface area contributed by atoms with Gasteiger partial charge in [0.05, 0.1) is 13.2 Å². The van der Waals surface area contributed by atoms with Crippen LogP contribution in [-0.2, 0) is 0 Å². The standard InChI is InChI=1S/C17H19Cl2NO/c1-3-10-20-17(13-6-4-5-7-15(13)19)14-11-12(18)8-9-16(14)21-2/h4-9,11,17,20H,3,10H2,1-2H3. The Hall–Kier alpha value is -1.22. The molecule has 0 aliphatic carbocycles. The van der Waals surface area contributed by atoms with Crippen molar-refractivity contribution in [1.82, 2.24) is 5.32 Å². The molecule has 2 nitrogen and oxygen atoms in total. The Morgan fingerprint density at radius 1 is 1.10 bits per heavy atom. The topological polar surface area (TPSA) is 21.3 Å². The van der Waals surface area contributed by atoms with Crippen LogP contribution in [0.2, 0.25) is 10.0 Å². The fourth-order valence-corrected chi connectivity index (χ4v) is 2.74. The molecule has 2 aromatic rings. The summed E-state index contributed by atoms with van der Waals surface area (Å²) in [5.41, 5.74) is 2.01. The first-order valence-corrected chi connectivity index (χ1v) is 7.74. The zero-order valence-corrected chi connectivity index (χ0v) is 13.7. The highest BCUT2D eigenvalue weighted by atomic mass is 35.5. The lowest BCUT2D eigenvalue weighted by Gasteiger charge is -2.23. The maximum absolute atomic E-state index is 6.37. The van der Waals surface area contributed by atoms with Crippen molar-refractivity contribution in [3.63, 3.8) is 0 Å². The quantitative estimate of drug-likeness (QED) is 0.799. The Morgan fingerprint density at radius 3 is 2.52 bits per heavy atom. The van der Waals surface area contributed by atoms with Crippen LogP contribution in [0.3, 0.4) is 0 Å². The summed E-state index contributed by atoms with van der Waals surface area (Å²) in [4.78, 5) is 0. The van der Waals surface area contributed by atoms with E-state index in [1.807, 2.05) is 42.5 Å². The molecule has 0 spiro atoms. The number of benzene rings is 2. The predicted molar refractivity (Wildman–Crippen MR) is 89.6 cm³/mol. The van der Waals surface area contributed by atoms with E-state index in [9.17, 15) is 0 Å². The summed E-state index contributed by atoms with van der Waals surface area (Å²) in [5.74, 6) is 0.799. The van der Waals surface area contributed by atoms with E-state index in [2.05, 4.69) is 12.2 Å².